The first kappa shape index (κ1) is 15.4. The summed E-state index contributed by atoms with van der Waals surface area (Å²) >= 11 is 3.88. The fourth-order valence-corrected chi connectivity index (χ4v) is 5.15. The number of hydrogen-bond donors (Lipinski definition) is 2. The van der Waals surface area contributed by atoms with Gasteiger partial charge in [0.05, 0.1) is 4.21 Å². The van der Waals surface area contributed by atoms with E-state index in [-0.39, 0.29) is 5.41 Å². The molecule has 1 aliphatic rings. The molecule has 0 fully saturated rings. The first-order valence-corrected chi connectivity index (χ1v) is 8.86. The molecular weight excluding hydrogens is 274 g/mol. The van der Waals surface area contributed by atoms with Gasteiger partial charge in [0.15, 0.2) is 0 Å². The minimum Gasteiger partial charge on any atom is -0.396 e. The third-order valence-corrected chi connectivity index (χ3v) is 6.09. The minimum atomic E-state index is 0.257. The highest BCUT2D eigenvalue weighted by Crippen LogP contribution is 2.43. The second-order valence-corrected chi connectivity index (χ2v) is 8.88. The van der Waals surface area contributed by atoms with E-state index in [1.807, 2.05) is 23.1 Å². The van der Waals surface area contributed by atoms with Gasteiger partial charge in [0.1, 0.15) is 0 Å². The Morgan fingerprint density at radius 2 is 2.26 bits per heavy atom. The van der Waals surface area contributed by atoms with Crippen molar-refractivity contribution in [2.24, 2.45) is 5.41 Å². The monoisotopic (exact) mass is 299 g/mol. The molecule has 19 heavy (non-hydrogen) atoms. The largest absolute Gasteiger partial charge is 0.396 e. The minimum absolute atomic E-state index is 0.257. The molecule has 2 heterocycles. The first-order chi connectivity index (χ1) is 9.02. The van der Waals surface area contributed by atoms with Crippen molar-refractivity contribution in [1.29, 1.82) is 0 Å². The summed E-state index contributed by atoms with van der Waals surface area (Å²) in [5, 5.41) is 15.6. The van der Waals surface area contributed by atoms with Gasteiger partial charge < -0.3 is 10.4 Å². The van der Waals surface area contributed by atoms with Crippen molar-refractivity contribution >= 4 is 23.1 Å². The predicted molar refractivity (Wildman–Crippen MR) is 85.1 cm³/mol. The van der Waals surface area contributed by atoms with Crippen LogP contribution in [0.3, 0.4) is 0 Å². The van der Waals surface area contributed by atoms with Crippen LogP contribution in [0.2, 0.25) is 0 Å². The Balaban J connectivity index is 1.93. The van der Waals surface area contributed by atoms with Crippen molar-refractivity contribution < 1.29 is 5.11 Å². The highest BCUT2D eigenvalue weighted by atomic mass is 32.2. The van der Waals surface area contributed by atoms with Gasteiger partial charge in [-0.25, -0.2) is 0 Å². The van der Waals surface area contributed by atoms with E-state index in [1.165, 1.54) is 16.2 Å². The van der Waals surface area contributed by atoms with E-state index in [4.69, 9.17) is 5.11 Å². The Kier molecular flexibility index (Phi) is 5.35. The molecule has 0 saturated carbocycles. The normalized spacial score (nSPS) is 23.4. The van der Waals surface area contributed by atoms with E-state index in [1.54, 1.807) is 0 Å². The van der Waals surface area contributed by atoms with E-state index in [9.17, 15) is 0 Å². The van der Waals surface area contributed by atoms with Gasteiger partial charge in [-0.05, 0) is 41.7 Å². The average Bonchev–Trinajstić information content (AvgIpc) is 2.81. The molecule has 2 N–H and O–H groups in total. The summed E-state index contributed by atoms with van der Waals surface area (Å²) in [4.78, 5) is 0. The Hall–Kier alpha value is -0.0300. The number of hydrogen-bond acceptors (Lipinski definition) is 4. The van der Waals surface area contributed by atoms with Gasteiger partial charge in [-0.15, -0.1) is 23.1 Å². The summed E-state index contributed by atoms with van der Waals surface area (Å²) < 4.78 is 1.49. The molecule has 0 radical (unpaired) electrons. The third-order valence-electron chi connectivity index (χ3n) is 3.75. The standard InChI is InChI=1S/C15H25NOS2/c1-11-9-13(12-5-8-18-14(12)19-11)16-10-15(2,3)6-4-7-17/h5,8,11,13,16-17H,4,6-7,9-10H2,1-3H3/t11-,13?/m0/s1. The summed E-state index contributed by atoms with van der Waals surface area (Å²) in [7, 11) is 0. The zero-order chi connectivity index (χ0) is 13.9. The number of aliphatic hydroxyl groups excluding tert-OH is 1. The lowest BCUT2D eigenvalue weighted by molar-refractivity contribution is 0.230. The summed E-state index contributed by atoms with van der Waals surface area (Å²) in [5.41, 5.74) is 1.75. The fourth-order valence-electron chi connectivity index (χ4n) is 2.59. The van der Waals surface area contributed by atoms with Crippen LogP contribution in [0.5, 0.6) is 0 Å². The van der Waals surface area contributed by atoms with Crippen molar-refractivity contribution in [1.82, 2.24) is 5.32 Å². The van der Waals surface area contributed by atoms with Crippen LogP contribution in [0.1, 0.15) is 51.6 Å². The number of thioether (sulfide) groups is 1. The summed E-state index contributed by atoms with van der Waals surface area (Å²) in [6.07, 6.45) is 3.18. The third kappa shape index (κ3) is 4.22. The number of aliphatic hydroxyl groups is 1. The molecule has 1 aromatic heterocycles. The average molecular weight is 300 g/mol. The number of fused-ring (bicyclic) bond motifs is 1. The second-order valence-electron chi connectivity index (χ2n) is 6.25. The van der Waals surface area contributed by atoms with Crippen LogP contribution in [-0.2, 0) is 0 Å². The van der Waals surface area contributed by atoms with E-state index in [0.717, 1.165) is 19.4 Å². The zero-order valence-corrected chi connectivity index (χ0v) is 13.7. The van der Waals surface area contributed by atoms with Gasteiger partial charge in [0.25, 0.3) is 0 Å². The van der Waals surface area contributed by atoms with Crippen LogP contribution in [0, 0.1) is 5.41 Å². The van der Waals surface area contributed by atoms with E-state index < -0.39 is 0 Å². The summed E-state index contributed by atoms with van der Waals surface area (Å²) in [6.45, 7) is 8.20. The molecular formula is C15H25NOS2. The van der Waals surface area contributed by atoms with Gasteiger partial charge in [-0.1, -0.05) is 20.8 Å². The molecule has 1 unspecified atom stereocenters. The SMILES string of the molecule is C[C@H]1CC(NCC(C)(C)CCCO)c2ccsc2S1. The summed E-state index contributed by atoms with van der Waals surface area (Å²) in [5.74, 6) is 0. The van der Waals surface area contributed by atoms with Crippen molar-refractivity contribution in [3.63, 3.8) is 0 Å². The van der Waals surface area contributed by atoms with Gasteiger partial charge in [-0.3, -0.25) is 0 Å². The van der Waals surface area contributed by atoms with Crippen LogP contribution in [0.15, 0.2) is 15.7 Å². The maximum atomic E-state index is 8.96. The van der Waals surface area contributed by atoms with Crippen molar-refractivity contribution in [3.05, 3.63) is 17.0 Å². The first-order valence-electron chi connectivity index (χ1n) is 7.10. The molecule has 108 valence electrons. The number of rotatable bonds is 6. The molecule has 0 aromatic carbocycles. The predicted octanol–water partition coefficient (Wildman–Crippen LogP) is 4.06. The van der Waals surface area contributed by atoms with E-state index >= 15 is 0 Å². The molecule has 0 spiro atoms. The highest BCUT2D eigenvalue weighted by molar-refractivity contribution is 8.01. The van der Waals surface area contributed by atoms with Crippen LogP contribution in [0.25, 0.3) is 0 Å². The lowest BCUT2D eigenvalue weighted by atomic mass is 9.87. The maximum absolute atomic E-state index is 8.96. The molecule has 4 heteroatoms. The molecule has 2 atom stereocenters. The Morgan fingerprint density at radius 3 is 3.00 bits per heavy atom. The molecule has 0 bridgehead atoms. The number of thiophene rings is 1. The van der Waals surface area contributed by atoms with Crippen molar-refractivity contribution in [2.45, 2.75) is 55.5 Å². The van der Waals surface area contributed by atoms with Crippen molar-refractivity contribution in [2.75, 3.05) is 13.2 Å². The topological polar surface area (TPSA) is 32.3 Å². The van der Waals surface area contributed by atoms with Gasteiger partial charge >= 0.3 is 0 Å². The quantitative estimate of drug-likeness (QED) is 0.831. The Labute approximate surface area is 125 Å². The lowest BCUT2D eigenvalue weighted by Crippen LogP contribution is -2.34. The molecule has 0 amide bonds. The van der Waals surface area contributed by atoms with Crippen molar-refractivity contribution in [3.8, 4) is 0 Å². The van der Waals surface area contributed by atoms with Crippen LogP contribution in [0.4, 0.5) is 0 Å². The molecule has 1 aliphatic heterocycles. The molecule has 1 aromatic rings. The van der Waals surface area contributed by atoms with Crippen LogP contribution < -0.4 is 5.32 Å². The molecule has 0 aliphatic carbocycles. The van der Waals surface area contributed by atoms with Gasteiger partial charge in [0.2, 0.25) is 0 Å². The van der Waals surface area contributed by atoms with Crippen LogP contribution in [-0.4, -0.2) is 23.5 Å². The smallest absolute Gasteiger partial charge is 0.0649 e. The Bertz CT molecular complexity index is 403. The Morgan fingerprint density at radius 1 is 1.47 bits per heavy atom. The van der Waals surface area contributed by atoms with Gasteiger partial charge in [0, 0.05) is 24.4 Å². The van der Waals surface area contributed by atoms with E-state index in [2.05, 4.69) is 37.5 Å². The molecule has 2 rings (SSSR count). The maximum Gasteiger partial charge on any atom is 0.0649 e. The van der Waals surface area contributed by atoms with Crippen LogP contribution >= 0.6 is 23.1 Å². The number of nitrogens with one attached hydrogen (secondary N) is 1. The summed E-state index contributed by atoms with van der Waals surface area (Å²) in [6, 6.07) is 2.78. The lowest BCUT2D eigenvalue weighted by Gasteiger charge is -2.32. The zero-order valence-electron chi connectivity index (χ0n) is 12.1. The highest BCUT2D eigenvalue weighted by Gasteiger charge is 2.27. The fraction of sp³-hybridized carbons (Fsp3) is 0.733. The second kappa shape index (κ2) is 6.61. The molecule has 2 nitrogen and oxygen atoms in total. The molecule has 0 saturated heterocycles. The van der Waals surface area contributed by atoms with Gasteiger partial charge in [-0.2, -0.15) is 0 Å². The van der Waals surface area contributed by atoms with E-state index in [0.29, 0.717) is 17.9 Å².